The van der Waals surface area contributed by atoms with Crippen molar-refractivity contribution < 1.29 is 23.2 Å². The van der Waals surface area contributed by atoms with Crippen molar-refractivity contribution in [3.8, 4) is 5.75 Å². The number of carbonyl (C=O) groups is 2. The zero-order valence-corrected chi connectivity index (χ0v) is 14.2. The van der Waals surface area contributed by atoms with Crippen LogP contribution in [-0.4, -0.2) is 22.0 Å². The van der Waals surface area contributed by atoms with Gasteiger partial charge in [0.2, 0.25) is 11.7 Å². The summed E-state index contributed by atoms with van der Waals surface area (Å²) in [5, 5.41) is 3.70. The summed E-state index contributed by atoms with van der Waals surface area (Å²) in [7, 11) is 0. The number of nitrogens with zero attached hydrogens (tertiary/aromatic N) is 2. The minimum absolute atomic E-state index is 0.00319. The van der Waals surface area contributed by atoms with Crippen LogP contribution in [0.5, 0.6) is 5.75 Å². The molecule has 9 heteroatoms. The third-order valence-corrected chi connectivity index (χ3v) is 3.47. The van der Waals surface area contributed by atoms with Crippen LogP contribution in [0.15, 0.2) is 53.1 Å². The highest BCUT2D eigenvalue weighted by Gasteiger charge is 2.16. The highest BCUT2D eigenvalue weighted by Crippen LogP contribution is 2.18. The first kappa shape index (κ1) is 18.1. The lowest BCUT2D eigenvalue weighted by Gasteiger charge is -2.11. The summed E-state index contributed by atoms with van der Waals surface area (Å²) < 4.78 is 24.0. The number of aryl methyl sites for hydroxylation is 1. The molecular weight excluding hydrogens is 355 g/mol. The summed E-state index contributed by atoms with van der Waals surface area (Å²) in [5.41, 5.74) is 4.39. The Morgan fingerprint density at radius 3 is 2.33 bits per heavy atom. The van der Waals surface area contributed by atoms with E-state index in [1.165, 1.54) is 24.3 Å². The van der Waals surface area contributed by atoms with Crippen LogP contribution < -0.4 is 15.6 Å². The van der Waals surface area contributed by atoms with Crippen molar-refractivity contribution in [1.29, 1.82) is 0 Å². The molecule has 2 aromatic carbocycles. The highest BCUT2D eigenvalue weighted by atomic mass is 19.1. The van der Waals surface area contributed by atoms with Crippen LogP contribution in [0.1, 0.15) is 32.4 Å². The second-order valence-electron chi connectivity index (χ2n) is 5.40. The summed E-state index contributed by atoms with van der Waals surface area (Å²) in [6, 6.07) is 11.9. The maximum Gasteiger partial charge on any atom is 0.273 e. The molecule has 138 valence electrons. The summed E-state index contributed by atoms with van der Waals surface area (Å²) >= 11 is 0. The summed E-state index contributed by atoms with van der Waals surface area (Å²) in [4.78, 5) is 28.3. The second kappa shape index (κ2) is 8.09. The number of aromatic nitrogens is 2. The normalized spacial score (nSPS) is 10.3. The first-order valence-electron chi connectivity index (χ1n) is 7.91. The Balaban J connectivity index is 1.64. The molecule has 0 aliphatic rings. The number of ether oxygens (including phenoxy) is 1. The van der Waals surface area contributed by atoms with E-state index in [1.807, 2.05) is 0 Å². The van der Waals surface area contributed by atoms with E-state index in [0.29, 0.717) is 11.7 Å². The Bertz CT molecular complexity index is 973. The Kier molecular flexibility index (Phi) is 5.41. The molecule has 3 rings (SSSR count). The number of amides is 2. The third-order valence-electron chi connectivity index (χ3n) is 3.47. The van der Waals surface area contributed by atoms with E-state index in [-0.39, 0.29) is 23.5 Å². The van der Waals surface area contributed by atoms with Gasteiger partial charge in [-0.15, -0.1) is 0 Å². The minimum Gasteiger partial charge on any atom is -0.485 e. The van der Waals surface area contributed by atoms with E-state index in [0.717, 1.165) is 6.07 Å². The lowest BCUT2D eigenvalue weighted by Crippen LogP contribution is -2.42. The van der Waals surface area contributed by atoms with E-state index in [2.05, 4.69) is 21.0 Å². The number of rotatable bonds is 5. The van der Waals surface area contributed by atoms with Crippen molar-refractivity contribution in [2.75, 3.05) is 0 Å². The summed E-state index contributed by atoms with van der Waals surface area (Å²) in [6.45, 7) is 1.65. The second-order valence-corrected chi connectivity index (χ2v) is 5.40. The van der Waals surface area contributed by atoms with Crippen molar-refractivity contribution >= 4 is 11.8 Å². The molecule has 2 N–H and O–H groups in total. The van der Waals surface area contributed by atoms with Gasteiger partial charge in [-0.3, -0.25) is 20.4 Å². The van der Waals surface area contributed by atoms with Crippen molar-refractivity contribution in [2.45, 2.75) is 13.5 Å². The van der Waals surface area contributed by atoms with Crippen LogP contribution >= 0.6 is 0 Å². The van der Waals surface area contributed by atoms with Crippen molar-refractivity contribution in [2.24, 2.45) is 0 Å². The van der Waals surface area contributed by atoms with Gasteiger partial charge in [0.15, 0.2) is 6.61 Å². The van der Waals surface area contributed by atoms with Crippen LogP contribution in [0, 0.1) is 12.7 Å². The van der Waals surface area contributed by atoms with Gasteiger partial charge < -0.3 is 9.26 Å². The Hall–Kier alpha value is -3.75. The molecule has 0 saturated heterocycles. The molecule has 0 fully saturated rings. The van der Waals surface area contributed by atoms with Gasteiger partial charge in [0.05, 0.1) is 11.1 Å². The standard InChI is InChI=1S/C18H15FN4O4/c1-11-20-16(23-27-11)10-26-15-9-5-3-7-13(15)18(25)22-21-17(24)12-6-2-4-8-14(12)19/h2-9H,10H2,1H3,(H,21,24)(H,22,25). The van der Waals surface area contributed by atoms with Crippen molar-refractivity contribution in [3.63, 3.8) is 0 Å². The Labute approximate surface area is 153 Å². The summed E-state index contributed by atoms with van der Waals surface area (Å²) in [5.74, 6) is -1.10. The third kappa shape index (κ3) is 4.46. The molecule has 0 bridgehead atoms. The topological polar surface area (TPSA) is 106 Å². The van der Waals surface area contributed by atoms with Crippen molar-refractivity contribution in [1.82, 2.24) is 21.0 Å². The van der Waals surface area contributed by atoms with E-state index < -0.39 is 17.6 Å². The van der Waals surface area contributed by atoms with Crippen LogP contribution in [0.4, 0.5) is 4.39 Å². The quantitative estimate of drug-likeness (QED) is 0.667. The summed E-state index contributed by atoms with van der Waals surface area (Å²) in [6.07, 6.45) is 0. The lowest BCUT2D eigenvalue weighted by molar-refractivity contribution is 0.0841. The molecule has 27 heavy (non-hydrogen) atoms. The number of carbonyl (C=O) groups excluding carboxylic acids is 2. The van der Waals surface area contributed by atoms with Crippen LogP contribution in [0.2, 0.25) is 0 Å². The monoisotopic (exact) mass is 370 g/mol. The van der Waals surface area contributed by atoms with Gasteiger partial charge in [0.25, 0.3) is 11.8 Å². The number of halogens is 1. The molecule has 0 atom stereocenters. The molecule has 0 unspecified atom stereocenters. The molecule has 2 amide bonds. The van der Waals surface area contributed by atoms with E-state index in [4.69, 9.17) is 9.26 Å². The molecule has 0 radical (unpaired) electrons. The zero-order chi connectivity index (χ0) is 19.2. The average Bonchev–Trinajstić information content (AvgIpc) is 3.10. The van der Waals surface area contributed by atoms with Gasteiger partial charge in [-0.25, -0.2) is 4.39 Å². The SMILES string of the molecule is Cc1nc(COc2ccccc2C(=O)NNC(=O)c2ccccc2F)no1. The van der Waals surface area contributed by atoms with Crippen LogP contribution in [-0.2, 0) is 6.61 Å². The molecule has 0 spiro atoms. The molecule has 3 aromatic rings. The number of hydrazine groups is 1. The fourth-order valence-corrected chi connectivity index (χ4v) is 2.22. The van der Waals surface area contributed by atoms with Gasteiger partial charge in [-0.05, 0) is 24.3 Å². The molecule has 1 heterocycles. The predicted molar refractivity (Wildman–Crippen MR) is 91.1 cm³/mol. The first-order chi connectivity index (χ1) is 13.0. The molecule has 8 nitrogen and oxygen atoms in total. The van der Waals surface area contributed by atoms with E-state index >= 15 is 0 Å². The highest BCUT2D eigenvalue weighted by molar-refractivity contribution is 6.00. The van der Waals surface area contributed by atoms with Gasteiger partial charge in [0.1, 0.15) is 11.6 Å². The van der Waals surface area contributed by atoms with Gasteiger partial charge in [-0.1, -0.05) is 29.4 Å². The number of hydrogen-bond acceptors (Lipinski definition) is 6. The number of hydrogen-bond donors (Lipinski definition) is 2. The molecule has 1 aromatic heterocycles. The van der Waals surface area contributed by atoms with Crippen LogP contribution in [0.25, 0.3) is 0 Å². The molecule has 0 saturated carbocycles. The van der Waals surface area contributed by atoms with Crippen LogP contribution in [0.3, 0.4) is 0 Å². The van der Waals surface area contributed by atoms with Gasteiger partial charge in [-0.2, -0.15) is 4.98 Å². The van der Waals surface area contributed by atoms with E-state index in [1.54, 1.807) is 25.1 Å². The largest absolute Gasteiger partial charge is 0.485 e. The molecular formula is C18H15FN4O4. The maximum atomic E-state index is 13.6. The zero-order valence-electron chi connectivity index (χ0n) is 14.2. The molecule has 0 aliphatic carbocycles. The van der Waals surface area contributed by atoms with Crippen molar-refractivity contribution in [3.05, 3.63) is 77.2 Å². The number of nitrogens with one attached hydrogen (secondary N) is 2. The Morgan fingerprint density at radius 2 is 1.67 bits per heavy atom. The van der Waals surface area contributed by atoms with E-state index in [9.17, 15) is 14.0 Å². The first-order valence-corrected chi connectivity index (χ1v) is 7.91. The minimum atomic E-state index is -0.776. The number of benzene rings is 2. The average molecular weight is 370 g/mol. The maximum absolute atomic E-state index is 13.6. The van der Waals surface area contributed by atoms with Gasteiger partial charge >= 0.3 is 0 Å². The molecule has 0 aliphatic heterocycles. The number of para-hydroxylation sites is 1. The fourth-order valence-electron chi connectivity index (χ4n) is 2.22. The van der Waals surface area contributed by atoms with Gasteiger partial charge in [0, 0.05) is 6.92 Å². The predicted octanol–water partition coefficient (Wildman–Crippen LogP) is 2.17. The fraction of sp³-hybridized carbons (Fsp3) is 0.111. The lowest BCUT2D eigenvalue weighted by atomic mass is 10.2. The smallest absolute Gasteiger partial charge is 0.273 e. The Morgan fingerprint density at radius 1 is 1.04 bits per heavy atom.